The van der Waals surface area contributed by atoms with Gasteiger partial charge in [0, 0.05) is 0 Å². The molecule has 0 heterocycles. The van der Waals surface area contributed by atoms with Crippen molar-refractivity contribution in [2.45, 2.75) is 45.1 Å². The maximum atomic E-state index is 9.94. The lowest BCUT2D eigenvalue weighted by molar-refractivity contribution is 0.165. The van der Waals surface area contributed by atoms with Gasteiger partial charge in [-0.3, -0.25) is 0 Å². The van der Waals surface area contributed by atoms with Crippen LogP contribution in [0.2, 0.25) is 0 Å². The van der Waals surface area contributed by atoms with Crippen molar-refractivity contribution in [1.29, 1.82) is 0 Å². The molecule has 0 aliphatic heterocycles. The van der Waals surface area contributed by atoms with E-state index < -0.39 is 0 Å². The molecule has 1 heteroatoms. The smallest absolute Gasteiger partial charge is 0.0790 e. The first-order chi connectivity index (χ1) is 7.65. The van der Waals surface area contributed by atoms with Gasteiger partial charge in [-0.15, -0.1) is 6.58 Å². The van der Waals surface area contributed by atoms with Crippen LogP contribution >= 0.6 is 0 Å². The van der Waals surface area contributed by atoms with Crippen LogP contribution in [0, 0.1) is 0 Å². The number of rotatable bonds is 6. The monoisotopic (exact) mass is 218 g/mol. The molecule has 0 saturated heterocycles. The molecule has 1 aromatic rings. The molecule has 1 unspecified atom stereocenters. The predicted molar refractivity (Wildman–Crippen MR) is 69.5 cm³/mol. The van der Waals surface area contributed by atoms with Gasteiger partial charge in [-0.2, -0.15) is 0 Å². The highest BCUT2D eigenvalue weighted by atomic mass is 16.3. The van der Waals surface area contributed by atoms with Gasteiger partial charge < -0.3 is 5.11 Å². The molecule has 0 saturated carbocycles. The molecule has 1 nitrogen and oxygen atoms in total. The van der Waals surface area contributed by atoms with Crippen LogP contribution in [0.3, 0.4) is 0 Å². The first-order valence-corrected chi connectivity index (χ1v) is 6.04. The molecule has 0 bridgehead atoms. The summed E-state index contributed by atoms with van der Waals surface area (Å²) in [7, 11) is 0. The third-order valence-electron chi connectivity index (χ3n) is 2.87. The Labute approximate surface area is 98.8 Å². The van der Waals surface area contributed by atoms with E-state index in [1.165, 1.54) is 5.56 Å². The van der Waals surface area contributed by atoms with Crippen molar-refractivity contribution in [2.75, 3.05) is 0 Å². The van der Waals surface area contributed by atoms with Crippen molar-refractivity contribution in [2.24, 2.45) is 0 Å². The van der Waals surface area contributed by atoms with E-state index >= 15 is 0 Å². The fraction of sp³-hybridized carbons (Fsp3) is 0.467. The van der Waals surface area contributed by atoms with E-state index in [-0.39, 0.29) is 6.10 Å². The quantitative estimate of drug-likeness (QED) is 0.560. The zero-order valence-corrected chi connectivity index (χ0v) is 10.3. The van der Waals surface area contributed by atoms with E-state index in [1.807, 2.05) is 18.2 Å². The minimum atomic E-state index is -0.332. The largest absolute Gasteiger partial charge is 0.388 e. The van der Waals surface area contributed by atoms with Crippen LogP contribution in [0.4, 0.5) is 0 Å². The predicted octanol–water partition coefficient (Wildman–Crippen LogP) is 4.20. The van der Waals surface area contributed by atoms with Gasteiger partial charge >= 0.3 is 0 Å². The second kappa shape index (κ2) is 6.49. The summed E-state index contributed by atoms with van der Waals surface area (Å²) in [5, 5.41) is 9.94. The number of benzene rings is 1. The van der Waals surface area contributed by atoms with Crippen LogP contribution in [0.5, 0.6) is 0 Å². The Morgan fingerprint density at radius 2 is 1.75 bits per heavy atom. The summed E-state index contributed by atoms with van der Waals surface area (Å²) >= 11 is 0. The summed E-state index contributed by atoms with van der Waals surface area (Å²) in [5.74, 6) is 0.548. The van der Waals surface area contributed by atoms with Crippen LogP contribution in [-0.4, -0.2) is 5.11 Å². The summed E-state index contributed by atoms with van der Waals surface area (Å²) in [6, 6.07) is 8.29. The summed E-state index contributed by atoms with van der Waals surface area (Å²) in [4.78, 5) is 0. The standard InChI is InChI=1S/C15H22O/c1-4-5-6-7-15(16)14-10-8-13(9-11-14)12(2)3/h4,8-12,15-16H,1,5-7H2,2-3H3. The van der Waals surface area contributed by atoms with Crippen molar-refractivity contribution in [3.8, 4) is 0 Å². The Bertz CT molecular complexity index is 311. The second-order valence-corrected chi connectivity index (χ2v) is 4.56. The Balaban J connectivity index is 2.55. The van der Waals surface area contributed by atoms with E-state index in [0.717, 1.165) is 24.8 Å². The molecule has 1 N–H and O–H groups in total. The summed E-state index contributed by atoms with van der Waals surface area (Å²) in [5.41, 5.74) is 2.34. The number of unbranched alkanes of at least 4 members (excludes halogenated alkanes) is 1. The normalized spacial score (nSPS) is 12.8. The van der Waals surface area contributed by atoms with Gasteiger partial charge in [-0.05, 0) is 36.3 Å². The Kier molecular flexibility index (Phi) is 5.27. The van der Waals surface area contributed by atoms with Gasteiger partial charge in [0.1, 0.15) is 0 Å². The average molecular weight is 218 g/mol. The summed E-state index contributed by atoms with van der Waals surface area (Å²) in [6.07, 6.45) is 4.35. The van der Waals surface area contributed by atoms with Crippen LogP contribution in [0.15, 0.2) is 36.9 Å². The van der Waals surface area contributed by atoms with Crippen molar-refractivity contribution in [3.63, 3.8) is 0 Å². The van der Waals surface area contributed by atoms with Gasteiger partial charge in [0.2, 0.25) is 0 Å². The lowest BCUT2D eigenvalue weighted by Crippen LogP contribution is -1.98. The SMILES string of the molecule is C=CCCCC(O)c1ccc(C(C)C)cc1. The second-order valence-electron chi connectivity index (χ2n) is 4.56. The molecule has 1 atom stereocenters. The highest BCUT2D eigenvalue weighted by Gasteiger charge is 2.07. The Morgan fingerprint density at radius 3 is 2.25 bits per heavy atom. The van der Waals surface area contributed by atoms with E-state index in [0.29, 0.717) is 5.92 Å². The Morgan fingerprint density at radius 1 is 1.19 bits per heavy atom. The van der Waals surface area contributed by atoms with Crippen molar-refractivity contribution in [3.05, 3.63) is 48.0 Å². The molecule has 0 amide bonds. The zero-order valence-electron chi connectivity index (χ0n) is 10.3. The molecule has 1 aromatic carbocycles. The van der Waals surface area contributed by atoms with Crippen molar-refractivity contribution in [1.82, 2.24) is 0 Å². The lowest BCUT2D eigenvalue weighted by Gasteiger charge is -2.12. The summed E-state index contributed by atoms with van der Waals surface area (Å²) < 4.78 is 0. The molecule has 0 radical (unpaired) electrons. The number of hydrogen-bond acceptors (Lipinski definition) is 1. The Hall–Kier alpha value is -1.08. The van der Waals surface area contributed by atoms with E-state index in [2.05, 4.69) is 32.6 Å². The maximum Gasteiger partial charge on any atom is 0.0790 e. The minimum absolute atomic E-state index is 0.332. The first-order valence-electron chi connectivity index (χ1n) is 6.04. The third kappa shape index (κ3) is 3.82. The molecule has 0 aromatic heterocycles. The highest BCUT2D eigenvalue weighted by molar-refractivity contribution is 5.26. The molecule has 88 valence electrons. The van der Waals surface area contributed by atoms with Crippen LogP contribution in [-0.2, 0) is 0 Å². The van der Waals surface area contributed by atoms with Gasteiger partial charge in [-0.1, -0.05) is 44.2 Å². The van der Waals surface area contributed by atoms with Gasteiger partial charge in [-0.25, -0.2) is 0 Å². The number of hydrogen-bond donors (Lipinski definition) is 1. The fourth-order valence-electron chi connectivity index (χ4n) is 1.73. The summed E-state index contributed by atoms with van der Waals surface area (Å²) in [6.45, 7) is 8.03. The number of aliphatic hydroxyl groups excluding tert-OH is 1. The van der Waals surface area contributed by atoms with Gasteiger partial charge in [0.25, 0.3) is 0 Å². The van der Waals surface area contributed by atoms with Gasteiger partial charge in [0.05, 0.1) is 6.10 Å². The molecule has 1 rings (SSSR count). The van der Waals surface area contributed by atoms with Crippen molar-refractivity contribution < 1.29 is 5.11 Å². The number of allylic oxidation sites excluding steroid dienone is 1. The van der Waals surface area contributed by atoms with Crippen LogP contribution in [0.25, 0.3) is 0 Å². The van der Waals surface area contributed by atoms with E-state index in [1.54, 1.807) is 0 Å². The van der Waals surface area contributed by atoms with Crippen LogP contribution < -0.4 is 0 Å². The molecule has 0 aliphatic carbocycles. The topological polar surface area (TPSA) is 20.2 Å². The third-order valence-corrected chi connectivity index (χ3v) is 2.87. The molecular weight excluding hydrogens is 196 g/mol. The van der Waals surface area contributed by atoms with Crippen molar-refractivity contribution >= 4 is 0 Å². The number of aliphatic hydroxyl groups is 1. The molecule has 16 heavy (non-hydrogen) atoms. The van der Waals surface area contributed by atoms with Crippen LogP contribution in [0.1, 0.15) is 56.3 Å². The first kappa shape index (κ1) is 13.0. The fourth-order valence-corrected chi connectivity index (χ4v) is 1.73. The zero-order chi connectivity index (χ0) is 12.0. The molecule has 0 aliphatic rings. The molecular formula is C15H22O. The molecule has 0 spiro atoms. The van der Waals surface area contributed by atoms with Gasteiger partial charge in [0.15, 0.2) is 0 Å². The molecule has 0 fully saturated rings. The minimum Gasteiger partial charge on any atom is -0.388 e. The van der Waals surface area contributed by atoms with E-state index in [9.17, 15) is 5.11 Å². The maximum absolute atomic E-state index is 9.94. The average Bonchev–Trinajstić information content (AvgIpc) is 2.29. The lowest BCUT2D eigenvalue weighted by atomic mass is 9.98. The highest BCUT2D eigenvalue weighted by Crippen LogP contribution is 2.22. The van der Waals surface area contributed by atoms with E-state index in [4.69, 9.17) is 0 Å².